The first-order valence-electron chi connectivity index (χ1n) is 12.0. The van der Waals surface area contributed by atoms with Gasteiger partial charge in [0, 0.05) is 0 Å². The third-order valence-electron chi connectivity index (χ3n) is 5.77. The topological polar surface area (TPSA) is 94.2 Å². The van der Waals surface area contributed by atoms with Gasteiger partial charge in [-0.05, 0) is 72.6 Å². The number of nitrogens with one attached hydrogen (secondary N) is 1. The summed E-state index contributed by atoms with van der Waals surface area (Å²) in [4.78, 5) is 39.6. The van der Waals surface area contributed by atoms with Crippen molar-refractivity contribution in [1.29, 1.82) is 0 Å². The number of benzene rings is 3. The lowest BCUT2D eigenvalue weighted by Gasteiger charge is -2.14. The highest BCUT2D eigenvalue weighted by molar-refractivity contribution is 8.18. The van der Waals surface area contributed by atoms with Gasteiger partial charge in [0.2, 0.25) is 0 Å². The van der Waals surface area contributed by atoms with E-state index in [1.165, 1.54) is 12.0 Å². The molecular formula is C29H28N2O6S. The second-order valence-corrected chi connectivity index (χ2v) is 9.36. The molecule has 3 aromatic rings. The number of ether oxygens (including phenoxy) is 3. The average molecular weight is 533 g/mol. The number of para-hydroxylation sites is 2. The van der Waals surface area contributed by atoms with Crippen LogP contribution in [0.3, 0.4) is 0 Å². The fourth-order valence-corrected chi connectivity index (χ4v) is 4.66. The number of anilines is 1. The monoisotopic (exact) mass is 532 g/mol. The summed E-state index contributed by atoms with van der Waals surface area (Å²) in [5, 5.41) is 2.47. The van der Waals surface area contributed by atoms with Gasteiger partial charge >= 0.3 is 0 Å². The van der Waals surface area contributed by atoms with Crippen molar-refractivity contribution in [3.63, 3.8) is 0 Å². The maximum atomic E-state index is 13.0. The first kappa shape index (κ1) is 26.8. The highest BCUT2D eigenvalue weighted by Crippen LogP contribution is 2.35. The van der Waals surface area contributed by atoms with Crippen LogP contribution in [0.25, 0.3) is 6.08 Å². The molecule has 1 N–H and O–H groups in total. The third-order valence-corrected chi connectivity index (χ3v) is 6.68. The maximum absolute atomic E-state index is 13.0. The second kappa shape index (κ2) is 12.3. The molecule has 0 spiro atoms. The number of carbonyl (C=O) groups is 3. The molecular weight excluding hydrogens is 504 g/mol. The van der Waals surface area contributed by atoms with Crippen LogP contribution in [-0.2, 0) is 16.1 Å². The highest BCUT2D eigenvalue weighted by atomic mass is 32.2. The van der Waals surface area contributed by atoms with E-state index in [0.717, 1.165) is 22.9 Å². The Bertz CT molecular complexity index is 1390. The number of hydrogen-bond acceptors (Lipinski definition) is 7. The molecule has 4 rings (SSSR count). The SMILES string of the molecule is CCOc1ccccc1NC(=O)COc1ccc(/C=C2\SC(=O)N(Cc3ccccc3C)C2=O)cc1OC. The summed E-state index contributed by atoms with van der Waals surface area (Å²) < 4.78 is 16.7. The fourth-order valence-electron chi connectivity index (χ4n) is 3.82. The normalized spacial score (nSPS) is 14.1. The Morgan fingerprint density at radius 2 is 1.74 bits per heavy atom. The maximum Gasteiger partial charge on any atom is 0.293 e. The molecule has 38 heavy (non-hydrogen) atoms. The molecule has 196 valence electrons. The lowest BCUT2D eigenvalue weighted by molar-refractivity contribution is -0.123. The summed E-state index contributed by atoms with van der Waals surface area (Å²) in [7, 11) is 1.49. The van der Waals surface area contributed by atoms with E-state index in [9.17, 15) is 14.4 Å². The second-order valence-electron chi connectivity index (χ2n) is 8.37. The Hall–Kier alpha value is -4.24. The summed E-state index contributed by atoms with van der Waals surface area (Å²) in [6.07, 6.45) is 1.65. The van der Waals surface area contributed by atoms with Crippen LogP contribution in [0, 0.1) is 6.92 Å². The standard InChI is InChI=1S/C29H28N2O6S/c1-4-36-23-12-8-7-11-22(23)30-27(32)18-37-24-14-13-20(15-25(24)35-3)16-26-28(33)31(29(34)38-26)17-21-10-6-5-9-19(21)2/h5-16H,4,17-18H2,1-3H3,(H,30,32)/b26-16-. The van der Waals surface area contributed by atoms with Crippen molar-refractivity contribution in [1.82, 2.24) is 4.90 Å². The van der Waals surface area contributed by atoms with Crippen LogP contribution < -0.4 is 19.5 Å². The van der Waals surface area contributed by atoms with E-state index in [4.69, 9.17) is 14.2 Å². The Kier molecular flexibility index (Phi) is 8.70. The van der Waals surface area contributed by atoms with E-state index in [1.54, 1.807) is 42.5 Å². The number of carbonyl (C=O) groups excluding carboxylic acids is 3. The van der Waals surface area contributed by atoms with E-state index in [-0.39, 0.29) is 30.2 Å². The minimum absolute atomic E-state index is 0.224. The molecule has 3 aromatic carbocycles. The lowest BCUT2D eigenvalue weighted by Crippen LogP contribution is -2.27. The molecule has 3 amide bonds. The number of thioether (sulfide) groups is 1. The molecule has 0 bridgehead atoms. The van der Waals surface area contributed by atoms with Gasteiger partial charge < -0.3 is 19.5 Å². The van der Waals surface area contributed by atoms with Gasteiger partial charge in [0.15, 0.2) is 18.1 Å². The molecule has 0 unspecified atom stereocenters. The highest BCUT2D eigenvalue weighted by Gasteiger charge is 2.35. The van der Waals surface area contributed by atoms with Gasteiger partial charge in [-0.2, -0.15) is 0 Å². The summed E-state index contributed by atoms with van der Waals surface area (Å²) in [6, 6.07) is 19.9. The largest absolute Gasteiger partial charge is 0.493 e. The van der Waals surface area contributed by atoms with Crippen LogP contribution in [0.5, 0.6) is 17.2 Å². The summed E-state index contributed by atoms with van der Waals surface area (Å²) >= 11 is 0.902. The number of nitrogens with zero attached hydrogens (tertiary/aromatic N) is 1. The number of rotatable bonds is 10. The lowest BCUT2D eigenvalue weighted by atomic mass is 10.1. The summed E-state index contributed by atoms with van der Waals surface area (Å²) in [5.74, 6) is 0.636. The Morgan fingerprint density at radius 3 is 2.50 bits per heavy atom. The molecule has 0 saturated carbocycles. The van der Waals surface area contributed by atoms with Crippen LogP contribution in [0.1, 0.15) is 23.6 Å². The zero-order valence-electron chi connectivity index (χ0n) is 21.4. The molecule has 1 fully saturated rings. The van der Waals surface area contributed by atoms with Crippen LogP contribution in [-0.4, -0.2) is 42.3 Å². The van der Waals surface area contributed by atoms with Crippen molar-refractivity contribution in [3.05, 3.63) is 88.3 Å². The first-order valence-corrected chi connectivity index (χ1v) is 12.8. The van der Waals surface area contributed by atoms with Crippen LogP contribution in [0.2, 0.25) is 0 Å². The minimum atomic E-state index is -0.356. The Labute approximate surface area is 225 Å². The van der Waals surface area contributed by atoms with E-state index in [0.29, 0.717) is 40.0 Å². The number of methoxy groups -OCH3 is 1. The predicted molar refractivity (Wildman–Crippen MR) is 147 cm³/mol. The molecule has 1 heterocycles. The van der Waals surface area contributed by atoms with Gasteiger partial charge in [0.1, 0.15) is 5.75 Å². The molecule has 0 radical (unpaired) electrons. The van der Waals surface area contributed by atoms with E-state index >= 15 is 0 Å². The summed E-state index contributed by atoms with van der Waals surface area (Å²) in [6.45, 7) is 4.28. The Balaban J connectivity index is 1.42. The van der Waals surface area contributed by atoms with Crippen molar-refractivity contribution >= 4 is 40.6 Å². The van der Waals surface area contributed by atoms with Gasteiger partial charge in [0.25, 0.3) is 17.1 Å². The first-order chi connectivity index (χ1) is 18.4. The minimum Gasteiger partial charge on any atom is -0.493 e. The van der Waals surface area contributed by atoms with Crippen LogP contribution in [0.4, 0.5) is 10.5 Å². The zero-order valence-corrected chi connectivity index (χ0v) is 22.2. The van der Waals surface area contributed by atoms with Crippen LogP contribution in [0.15, 0.2) is 71.6 Å². The average Bonchev–Trinajstić information content (AvgIpc) is 3.17. The van der Waals surface area contributed by atoms with E-state index in [1.807, 2.05) is 44.2 Å². The number of aryl methyl sites for hydroxylation is 1. The van der Waals surface area contributed by atoms with E-state index in [2.05, 4.69) is 5.32 Å². The smallest absolute Gasteiger partial charge is 0.293 e. The Morgan fingerprint density at radius 1 is 0.974 bits per heavy atom. The van der Waals surface area contributed by atoms with Gasteiger partial charge in [-0.25, -0.2) is 0 Å². The summed E-state index contributed by atoms with van der Waals surface area (Å²) in [5.41, 5.74) is 3.15. The molecule has 9 heteroatoms. The van der Waals surface area contributed by atoms with Crippen molar-refractivity contribution in [2.45, 2.75) is 20.4 Å². The van der Waals surface area contributed by atoms with Crippen molar-refractivity contribution < 1.29 is 28.6 Å². The van der Waals surface area contributed by atoms with Gasteiger partial charge in [-0.1, -0.05) is 42.5 Å². The van der Waals surface area contributed by atoms with E-state index < -0.39 is 0 Å². The van der Waals surface area contributed by atoms with Gasteiger partial charge in [-0.3, -0.25) is 19.3 Å². The molecule has 0 aliphatic carbocycles. The molecule has 8 nitrogen and oxygen atoms in total. The quantitative estimate of drug-likeness (QED) is 0.337. The molecule has 0 aromatic heterocycles. The zero-order chi connectivity index (χ0) is 27.1. The van der Waals surface area contributed by atoms with Crippen molar-refractivity contribution in [3.8, 4) is 17.2 Å². The molecule has 1 saturated heterocycles. The molecule has 1 aliphatic rings. The molecule has 1 aliphatic heterocycles. The van der Waals surface area contributed by atoms with Crippen molar-refractivity contribution in [2.75, 3.05) is 25.6 Å². The van der Waals surface area contributed by atoms with Crippen LogP contribution >= 0.6 is 11.8 Å². The third kappa shape index (κ3) is 6.36. The van der Waals surface area contributed by atoms with Gasteiger partial charge in [-0.15, -0.1) is 0 Å². The molecule has 0 atom stereocenters. The number of imide groups is 1. The van der Waals surface area contributed by atoms with Gasteiger partial charge in [0.05, 0.1) is 30.9 Å². The fraction of sp³-hybridized carbons (Fsp3) is 0.207. The number of amides is 3. The number of hydrogen-bond donors (Lipinski definition) is 1. The predicted octanol–water partition coefficient (Wildman–Crippen LogP) is 5.66. The van der Waals surface area contributed by atoms with Crippen molar-refractivity contribution in [2.24, 2.45) is 0 Å².